The lowest BCUT2D eigenvalue weighted by Gasteiger charge is -2.15. The van der Waals surface area contributed by atoms with Gasteiger partial charge in [-0.15, -0.1) is 0 Å². The number of aliphatic hydroxyl groups is 3. The van der Waals surface area contributed by atoms with Crippen LogP contribution in [0.25, 0.3) is 0 Å². The summed E-state index contributed by atoms with van der Waals surface area (Å²) >= 11 is 0. The van der Waals surface area contributed by atoms with E-state index >= 15 is 0 Å². The highest BCUT2D eigenvalue weighted by Gasteiger charge is 2.45. The van der Waals surface area contributed by atoms with Gasteiger partial charge >= 0.3 is 12.1 Å². The van der Waals surface area contributed by atoms with Crippen molar-refractivity contribution in [3.05, 3.63) is 20.2 Å². The molecule has 0 amide bonds. The third-order valence-corrected chi connectivity index (χ3v) is 1.68. The van der Waals surface area contributed by atoms with Gasteiger partial charge in [-0.25, -0.2) is 0 Å². The summed E-state index contributed by atoms with van der Waals surface area (Å²) < 4.78 is 0. The third kappa shape index (κ3) is 2.87. The van der Waals surface area contributed by atoms with Crippen molar-refractivity contribution in [1.82, 2.24) is 0 Å². The normalized spacial score (nSPS) is 17.1. The maximum absolute atomic E-state index is 10.3. The van der Waals surface area contributed by atoms with Crippen LogP contribution in [0.5, 0.6) is 0 Å². The summed E-state index contributed by atoms with van der Waals surface area (Å²) in [6.07, 6.45) is -1.87. The summed E-state index contributed by atoms with van der Waals surface area (Å²) in [4.78, 5) is 18.4. The number of nitro groups is 2. The van der Waals surface area contributed by atoms with E-state index < -0.39 is 41.2 Å². The molecule has 3 atom stereocenters. The first-order chi connectivity index (χ1) is 6.45. The highest BCUT2D eigenvalue weighted by Crippen LogP contribution is 2.07. The molecule has 0 rings (SSSR count). The Morgan fingerprint density at radius 2 is 1.57 bits per heavy atom. The van der Waals surface area contributed by atoms with Crippen LogP contribution in [0.1, 0.15) is 0 Å². The van der Waals surface area contributed by atoms with Gasteiger partial charge in [0.1, 0.15) is 6.61 Å². The van der Waals surface area contributed by atoms with Gasteiger partial charge in [0.25, 0.3) is 0 Å². The lowest BCUT2D eigenvalue weighted by Crippen LogP contribution is -2.50. The minimum Gasteiger partial charge on any atom is -0.393 e. The van der Waals surface area contributed by atoms with Crippen LogP contribution in [0.3, 0.4) is 0 Å². The Kier molecular flexibility index (Phi) is 4.91. The van der Waals surface area contributed by atoms with E-state index in [2.05, 4.69) is 0 Å². The van der Waals surface area contributed by atoms with Crippen LogP contribution < -0.4 is 0 Å². The molecule has 9 heteroatoms. The molecule has 82 valence electrons. The summed E-state index contributed by atoms with van der Waals surface area (Å²) in [5, 5.41) is 46.4. The molecule has 0 saturated carbocycles. The minimum atomic E-state index is -2.01. The van der Waals surface area contributed by atoms with E-state index in [0.717, 1.165) is 0 Å². The average Bonchev–Trinajstić information content (AvgIpc) is 2.11. The van der Waals surface area contributed by atoms with Crippen molar-refractivity contribution < 1.29 is 25.2 Å². The van der Waals surface area contributed by atoms with Crippen molar-refractivity contribution in [3.63, 3.8) is 0 Å². The molecule has 0 aliphatic rings. The predicted octanol–water partition coefficient (Wildman–Crippen LogP) is -2.38. The summed E-state index contributed by atoms with van der Waals surface area (Å²) in [6.45, 7) is -2.05. The van der Waals surface area contributed by atoms with Gasteiger partial charge in [0.15, 0.2) is 6.10 Å². The van der Waals surface area contributed by atoms with Crippen molar-refractivity contribution in [3.8, 4) is 0 Å². The summed E-state index contributed by atoms with van der Waals surface area (Å²) in [6, 6.07) is -3.94. The largest absolute Gasteiger partial charge is 0.393 e. The minimum absolute atomic E-state index is 0.976. The standard InChI is InChI=1S/C5H10N2O7/c8-1-3(6(11)12)5(7(13)14)4(10)2-9/h3-5,8-10H,1-2H2. The van der Waals surface area contributed by atoms with Gasteiger partial charge in [0.05, 0.1) is 6.61 Å². The third-order valence-electron chi connectivity index (χ3n) is 1.68. The topological polar surface area (TPSA) is 147 Å². The number of hydrogen-bond acceptors (Lipinski definition) is 7. The van der Waals surface area contributed by atoms with Crippen molar-refractivity contribution in [1.29, 1.82) is 0 Å². The first-order valence-corrected chi connectivity index (χ1v) is 3.62. The highest BCUT2D eigenvalue weighted by molar-refractivity contribution is 4.75. The fourth-order valence-corrected chi connectivity index (χ4v) is 0.945. The van der Waals surface area contributed by atoms with Crippen LogP contribution in [0.2, 0.25) is 0 Å². The van der Waals surface area contributed by atoms with Crippen molar-refractivity contribution in [2.24, 2.45) is 0 Å². The quantitative estimate of drug-likeness (QED) is 0.327. The molecule has 0 bridgehead atoms. The summed E-state index contributed by atoms with van der Waals surface area (Å²) in [5.41, 5.74) is 0. The first-order valence-electron chi connectivity index (χ1n) is 3.62. The molecule has 0 saturated heterocycles. The molecule has 0 aromatic rings. The molecule has 0 heterocycles. The molecular formula is C5H10N2O7. The lowest BCUT2D eigenvalue weighted by atomic mass is 10.1. The van der Waals surface area contributed by atoms with E-state index in [1.165, 1.54) is 0 Å². The fraction of sp³-hybridized carbons (Fsp3) is 1.00. The molecule has 3 unspecified atom stereocenters. The molecule has 0 aliphatic heterocycles. The predicted molar refractivity (Wildman–Crippen MR) is 41.7 cm³/mol. The molecule has 0 aromatic heterocycles. The second-order valence-corrected chi connectivity index (χ2v) is 2.56. The maximum atomic E-state index is 10.3. The zero-order valence-electron chi connectivity index (χ0n) is 7.02. The van der Waals surface area contributed by atoms with Gasteiger partial charge in [0.2, 0.25) is 0 Å². The van der Waals surface area contributed by atoms with Gasteiger partial charge < -0.3 is 15.3 Å². The molecule has 3 N–H and O–H groups in total. The zero-order chi connectivity index (χ0) is 11.3. The first kappa shape index (κ1) is 12.7. The Labute approximate surface area is 77.9 Å². The molecule has 0 aromatic carbocycles. The Morgan fingerprint density at radius 1 is 1.07 bits per heavy atom. The number of hydrogen-bond donors (Lipinski definition) is 3. The van der Waals surface area contributed by atoms with Gasteiger partial charge in [-0.3, -0.25) is 20.2 Å². The van der Waals surface area contributed by atoms with Crippen molar-refractivity contribution in [2.45, 2.75) is 18.2 Å². The van der Waals surface area contributed by atoms with Crippen molar-refractivity contribution >= 4 is 0 Å². The smallest absolute Gasteiger partial charge is 0.308 e. The van der Waals surface area contributed by atoms with E-state index in [0.29, 0.717) is 0 Å². The number of nitrogens with zero attached hydrogens (tertiary/aromatic N) is 2. The Balaban J connectivity index is 4.78. The maximum Gasteiger partial charge on any atom is 0.308 e. The van der Waals surface area contributed by atoms with Gasteiger partial charge in [0, 0.05) is 9.85 Å². The Hall–Kier alpha value is -1.32. The fourth-order valence-electron chi connectivity index (χ4n) is 0.945. The van der Waals surface area contributed by atoms with Crippen molar-refractivity contribution in [2.75, 3.05) is 13.2 Å². The van der Waals surface area contributed by atoms with Crippen LogP contribution in [0, 0.1) is 20.2 Å². The van der Waals surface area contributed by atoms with Crippen LogP contribution in [-0.4, -0.2) is 56.6 Å². The second kappa shape index (κ2) is 5.42. The molecule has 0 radical (unpaired) electrons. The SMILES string of the molecule is O=[N+]([O-])C(CO)C(C(O)CO)[N+](=O)[O-]. The number of aliphatic hydroxyl groups excluding tert-OH is 3. The molecule has 0 fully saturated rings. The highest BCUT2D eigenvalue weighted by atomic mass is 16.6. The van der Waals surface area contributed by atoms with E-state index in [1.807, 2.05) is 0 Å². The average molecular weight is 210 g/mol. The lowest BCUT2D eigenvalue weighted by molar-refractivity contribution is -0.626. The van der Waals surface area contributed by atoms with Crippen LogP contribution in [0.15, 0.2) is 0 Å². The van der Waals surface area contributed by atoms with Crippen LogP contribution in [0.4, 0.5) is 0 Å². The van der Waals surface area contributed by atoms with Gasteiger partial charge in [-0.1, -0.05) is 0 Å². The monoisotopic (exact) mass is 210 g/mol. The molecule has 0 aliphatic carbocycles. The van der Waals surface area contributed by atoms with E-state index in [9.17, 15) is 20.2 Å². The molecule has 9 nitrogen and oxygen atoms in total. The zero-order valence-corrected chi connectivity index (χ0v) is 7.02. The molecular weight excluding hydrogens is 200 g/mol. The number of rotatable bonds is 6. The molecule has 0 spiro atoms. The summed E-state index contributed by atoms with van der Waals surface area (Å²) in [7, 11) is 0. The Morgan fingerprint density at radius 3 is 1.79 bits per heavy atom. The van der Waals surface area contributed by atoms with Gasteiger partial charge in [-0.2, -0.15) is 0 Å². The Bertz CT molecular complexity index is 220. The molecule has 14 heavy (non-hydrogen) atoms. The van der Waals surface area contributed by atoms with Gasteiger partial charge in [-0.05, 0) is 0 Å². The summed E-state index contributed by atoms with van der Waals surface area (Å²) in [5.74, 6) is 0. The second-order valence-electron chi connectivity index (χ2n) is 2.56. The van der Waals surface area contributed by atoms with Crippen LogP contribution >= 0.6 is 0 Å². The van der Waals surface area contributed by atoms with Crippen LogP contribution in [-0.2, 0) is 0 Å². The van der Waals surface area contributed by atoms with E-state index in [4.69, 9.17) is 15.3 Å². The van der Waals surface area contributed by atoms with E-state index in [-0.39, 0.29) is 0 Å². The van der Waals surface area contributed by atoms with E-state index in [1.54, 1.807) is 0 Å².